The zero-order valence-electron chi connectivity index (χ0n) is 7.59. The summed E-state index contributed by atoms with van der Waals surface area (Å²) in [6.45, 7) is 0. The monoisotopic (exact) mass is 382 g/mol. The summed E-state index contributed by atoms with van der Waals surface area (Å²) in [5.74, 6) is 0. The van der Waals surface area contributed by atoms with Crippen LogP contribution in [0.4, 0.5) is 11.4 Å². The Labute approximate surface area is 114 Å². The van der Waals surface area contributed by atoms with E-state index in [9.17, 15) is 20.2 Å². The van der Waals surface area contributed by atoms with Crippen molar-refractivity contribution in [2.45, 2.75) is 0 Å². The van der Waals surface area contributed by atoms with Crippen molar-refractivity contribution in [3.63, 3.8) is 0 Å². The molecule has 0 saturated carbocycles. The van der Waals surface area contributed by atoms with E-state index in [2.05, 4.69) is 40.6 Å². The minimum absolute atomic E-state index is 0.0179. The topological polar surface area (TPSA) is 112 Å². The smallest absolute Gasteiger partial charge is 0.258 e. The van der Waals surface area contributed by atoms with Gasteiger partial charge in [0.2, 0.25) is 0 Å². The fourth-order valence-corrected chi connectivity index (χ4v) is 3.47. The summed E-state index contributed by atoms with van der Waals surface area (Å²) in [6, 6.07) is 0. The molecule has 0 bridgehead atoms. The maximum atomic E-state index is 10.9. The number of hydrogen-bond donors (Lipinski definition) is 0. The molecule has 0 atom stereocenters. The van der Waals surface area contributed by atoms with Crippen molar-refractivity contribution in [2.75, 3.05) is 0 Å². The lowest BCUT2D eigenvalue weighted by atomic mass is 10.2. The third-order valence-electron chi connectivity index (χ3n) is 1.91. The molecule has 8 nitrogen and oxygen atoms in total. The van der Waals surface area contributed by atoms with E-state index < -0.39 is 21.2 Å². The number of aromatic nitrogens is 2. The molecule has 2 aromatic rings. The second-order valence-electron chi connectivity index (χ2n) is 2.80. The Morgan fingerprint density at radius 3 is 2.00 bits per heavy atom. The van der Waals surface area contributed by atoms with Crippen molar-refractivity contribution >= 4 is 66.0 Å². The van der Waals surface area contributed by atoms with Crippen molar-refractivity contribution in [2.24, 2.45) is 0 Å². The van der Waals surface area contributed by atoms with Gasteiger partial charge in [-0.05, 0) is 31.9 Å². The number of hydrogen-bond acceptors (Lipinski definition) is 7. The van der Waals surface area contributed by atoms with E-state index in [1.165, 1.54) is 0 Å². The van der Waals surface area contributed by atoms with Crippen LogP contribution in [-0.2, 0) is 0 Å². The number of nitro groups is 2. The molecule has 0 aliphatic rings. The van der Waals surface area contributed by atoms with Gasteiger partial charge in [-0.3, -0.25) is 20.2 Å². The molecule has 0 saturated heterocycles. The van der Waals surface area contributed by atoms with E-state index in [4.69, 9.17) is 0 Å². The minimum Gasteiger partial charge on any atom is -0.258 e. The lowest BCUT2D eigenvalue weighted by molar-refractivity contribution is -0.395. The molecule has 1 aromatic carbocycles. The van der Waals surface area contributed by atoms with Gasteiger partial charge in [0.15, 0.2) is 9.99 Å². The second kappa shape index (κ2) is 4.23. The van der Waals surface area contributed by atoms with E-state index in [0.29, 0.717) is 0 Å². The van der Waals surface area contributed by atoms with Crippen molar-refractivity contribution in [3.05, 3.63) is 29.2 Å². The molecule has 1 aromatic heterocycles. The summed E-state index contributed by atoms with van der Waals surface area (Å²) >= 11 is 6.62. The van der Waals surface area contributed by atoms with Crippen LogP contribution < -0.4 is 0 Å². The Morgan fingerprint density at radius 1 is 0.941 bits per heavy atom. The quantitative estimate of drug-likeness (QED) is 0.581. The highest BCUT2D eigenvalue weighted by atomic mass is 79.9. The molecule has 11 heteroatoms. The number of halogens is 2. The van der Waals surface area contributed by atoms with Gasteiger partial charge in [-0.2, -0.15) is 8.75 Å². The van der Waals surface area contributed by atoms with E-state index >= 15 is 0 Å². The van der Waals surface area contributed by atoms with Crippen LogP contribution in [0.3, 0.4) is 0 Å². The van der Waals surface area contributed by atoms with Gasteiger partial charge in [0, 0.05) is 0 Å². The molecule has 0 N–H and O–H groups in total. The van der Waals surface area contributed by atoms with Gasteiger partial charge in [-0.15, -0.1) is 0 Å². The van der Waals surface area contributed by atoms with Crippen LogP contribution in [-0.4, -0.2) is 18.6 Å². The molecule has 0 fully saturated rings. The molecule has 0 aliphatic carbocycles. The van der Waals surface area contributed by atoms with Gasteiger partial charge in [-0.1, -0.05) is 0 Å². The number of rotatable bonds is 2. The summed E-state index contributed by atoms with van der Waals surface area (Å²) in [7, 11) is 0. The molecule has 0 aliphatic heterocycles. The molecule has 2 rings (SSSR count). The molecule has 0 amide bonds. The van der Waals surface area contributed by atoms with Crippen LogP contribution in [0.2, 0.25) is 0 Å². The molecule has 0 unspecified atom stereocenters. The van der Waals surface area contributed by atoms with Gasteiger partial charge in [0.25, 0.3) is 0 Å². The highest BCUT2D eigenvalue weighted by molar-refractivity contribution is 9.11. The predicted molar refractivity (Wildman–Crippen MR) is 66.1 cm³/mol. The Bertz CT molecular complexity index is 657. The van der Waals surface area contributed by atoms with Gasteiger partial charge >= 0.3 is 11.4 Å². The Hall–Kier alpha value is -1.20. The summed E-state index contributed by atoms with van der Waals surface area (Å²) < 4.78 is 7.42. The lowest BCUT2D eigenvalue weighted by Gasteiger charge is -2.00. The molecule has 88 valence electrons. The Morgan fingerprint density at radius 2 is 1.47 bits per heavy atom. The van der Waals surface area contributed by atoms with Crippen LogP contribution in [0, 0.1) is 20.2 Å². The average Bonchev–Trinajstić information content (AvgIpc) is 2.65. The van der Waals surface area contributed by atoms with Crippen LogP contribution >= 0.6 is 43.6 Å². The molecule has 0 spiro atoms. The normalized spacial score (nSPS) is 10.7. The van der Waals surface area contributed by atoms with Crippen molar-refractivity contribution in [1.82, 2.24) is 8.75 Å². The summed E-state index contributed by atoms with van der Waals surface area (Å²) in [5, 5.41) is 21.8. The third kappa shape index (κ3) is 1.79. The van der Waals surface area contributed by atoms with Gasteiger partial charge in [-0.25, -0.2) is 0 Å². The number of fused-ring (bicyclic) bond motifs is 1. The average molecular weight is 384 g/mol. The first-order valence-corrected chi connectivity index (χ1v) is 6.18. The summed E-state index contributed by atoms with van der Waals surface area (Å²) in [4.78, 5) is 20.3. The molecular formula is C6Br2N4O4S. The first kappa shape index (κ1) is 12.3. The van der Waals surface area contributed by atoms with Crippen molar-refractivity contribution in [3.8, 4) is 0 Å². The fraction of sp³-hybridized carbons (Fsp3) is 0. The zero-order valence-corrected chi connectivity index (χ0v) is 11.6. The maximum Gasteiger partial charge on any atom is 0.319 e. The molecule has 17 heavy (non-hydrogen) atoms. The number of nitrogens with zero attached hydrogens (tertiary/aromatic N) is 4. The summed E-state index contributed by atoms with van der Waals surface area (Å²) in [6.07, 6.45) is 0. The molecular weight excluding hydrogens is 384 g/mol. The number of benzene rings is 1. The highest BCUT2D eigenvalue weighted by Gasteiger charge is 2.33. The van der Waals surface area contributed by atoms with E-state index in [1.807, 2.05) is 0 Å². The van der Waals surface area contributed by atoms with Crippen LogP contribution in [0.1, 0.15) is 0 Å². The molecule has 0 radical (unpaired) electrons. The summed E-state index contributed by atoms with van der Waals surface area (Å²) in [5.41, 5.74) is -0.762. The van der Waals surface area contributed by atoms with Crippen molar-refractivity contribution < 1.29 is 9.85 Å². The standard InChI is InChI=1S/C6Br2N4O4S/c7-1-3-4(10-17-9-3)6(12(15)16)2(8)5(1)11(13)14. The largest absolute Gasteiger partial charge is 0.319 e. The van der Waals surface area contributed by atoms with E-state index in [1.54, 1.807) is 0 Å². The Kier molecular flexibility index (Phi) is 3.05. The second-order valence-corrected chi connectivity index (χ2v) is 4.92. The first-order valence-electron chi connectivity index (χ1n) is 3.87. The van der Waals surface area contributed by atoms with Crippen LogP contribution in [0.5, 0.6) is 0 Å². The zero-order chi connectivity index (χ0) is 12.7. The minimum atomic E-state index is -0.729. The number of nitro benzene ring substituents is 2. The first-order chi connectivity index (χ1) is 7.95. The van der Waals surface area contributed by atoms with Crippen molar-refractivity contribution in [1.29, 1.82) is 0 Å². The Balaban J connectivity index is 3.02. The van der Waals surface area contributed by atoms with Gasteiger partial charge < -0.3 is 0 Å². The SMILES string of the molecule is O=[N+]([O-])c1c(Br)c([N+](=O)[O-])c2nsnc2c1Br. The third-order valence-corrected chi connectivity index (χ3v) is 3.94. The fourth-order valence-electron chi connectivity index (χ4n) is 1.24. The van der Waals surface area contributed by atoms with E-state index in [-0.39, 0.29) is 20.0 Å². The van der Waals surface area contributed by atoms with E-state index in [0.717, 1.165) is 11.7 Å². The highest BCUT2D eigenvalue weighted by Crippen LogP contribution is 2.45. The van der Waals surface area contributed by atoms with Gasteiger partial charge in [0.1, 0.15) is 9.99 Å². The maximum absolute atomic E-state index is 10.9. The predicted octanol–water partition coefficient (Wildman–Crippen LogP) is 3.03. The van der Waals surface area contributed by atoms with Crippen LogP contribution in [0.25, 0.3) is 11.0 Å². The lowest BCUT2D eigenvalue weighted by Crippen LogP contribution is -1.98. The van der Waals surface area contributed by atoms with Crippen LogP contribution in [0.15, 0.2) is 8.95 Å². The molecule has 1 heterocycles. The van der Waals surface area contributed by atoms with Gasteiger partial charge in [0.05, 0.1) is 21.6 Å².